The number of carbonyl (C=O) groups is 1. The first-order chi connectivity index (χ1) is 14.0. The van der Waals surface area contributed by atoms with Gasteiger partial charge in [0.25, 0.3) is 0 Å². The molecule has 2 rings (SSSR count). The summed E-state index contributed by atoms with van der Waals surface area (Å²) in [5, 5.41) is 5.16. The highest BCUT2D eigenvalue weighted by molar-refractivity contribution is 7.84. The number of nitrogens with two attached hydrogens (primary N) is 1. The molecule has 164 valence electrons. The van der Waals surface area contributed by atoms with E-state index < -0.39 is 10.3 Å². The molecule has 0 saturated carbocycles. The summed E-state index contributed by atoms with van der Waals surface area (Å²) in [6.45, 7) is 7.58. The Morgan fingerprint density at radius 3 is 2.17 bits per heavy atom. The standard InChI is InChI=1S/C22H29NO6S/c1-13(2)17-8-9-18(21(14(3)4)22(17)29-30(23,25)26)19(24)12-15-11-16(27-5)7-10-20(15)28-6/h7-11,13-14H,12H2,1-6H3,(H2,23,25,26). The smallest absolute Gasteiger partial charge is 0.380 e. The van der Waals surface area contributed by atoms with Crippen LogP contribution in [0.2, 0.25) is 0 Å². The van der Waals surface area contributed by atoms with Gasteiger partial charge in [0, 0.05) is 23.1 Å². The van der Waals surface area contributed by atoms with Crippen LogP contribution in [-0.4, -0.2) is 28.4 Å². The summed E-state index contributed by atoms with van der Waals surface area (Å²) in [5.74, 6) is 0.908. The molecule has 0 spiro atoms. The number of benzene rings is 2. The van der Waals surface area contributed by atoms with Gasteiger partial charge in [-0.2, -0.15) is 13.6 Å². The molecule has 0 aromatic heterocycles. The molecule has 0 atom stereocenters. The zero-order valence-electron chi connectivity index (χ0n) is 18.2. The molecule has 30 heavy (non-hydrogen) atoms. The van der Waals surface area contributed by atoms with E-state index in [9.17, 15) is 13.2 Å². The average molecular weight is 436 g/mol. The average Bonchev–Trinajstić information content (AvgIpc) is 2.65. The maximum absolute atomic E-state index is 13.3. The first-order valence-electron chi connectivity index (χ1n) is 9.61. The van der Waals surface area contributed by atoms with Crippen LogP contribution in [0.3, 0.4) is 0 Å². The quantitative estimate of drug-likeness (QED) is 0.598. The van der Waals surface area contributed by atoms with Crippen molar-refractivity contribution in [2.45, 2.75) is 46.0 Å². The van der Waals surface area contributed by atoms with Crippen molar-refractivity contribution in [1.82, 2.24) is 0 Å². The lowest BCUT2D eigenvalue weighted by Gasteiger charge is -2.21. The molecule has 2 aromatic carbocycles. The molecular formula is C22H29NO6S. The molecule has 2 aromatic rings. The fraction of sp³-hybridized carbons (Fsp3) is 0.409. The molecule has 0 aliphatic rings. The van der Waals surface area contributed by atoms with Crippen LogP contribution in [0, 0.1) is 0 Å². The number of hydrogen-bond acceptors (Lipinski definition) is 6. The van der Waals surface area contributed by atoms with E-state index in [4.69, 9.17) is 18.8 Å². The number of methoxy groups -OCH3 is 2. The second kappa shape index (κ2) is 9.49. The predicted molar refractivity (Wildman–Crippen MR) is 116 cm³/mol. The van der Waals surface area contributed by atoms with E-state index in [1.54, 1.807) is 37.4 Å². The van der Waals surface area contributed by atoms with Crippen LogP contribution in [0.15, 0.2) is 30.3 Å². The molecule has 0 amide bonds. The Kier molecular flexibility index (Phi) is 7.49. The third-order valence-corrected chi connectivity index (χ3v) is 5.16. The van der Waals surface area contributed by atoms with Gasteiger partial charge in [-0.25, -0.2) is 0 Å². The number of hydrogen-bond donors (Lipinski definition) is 1. The zero-order chi connectivity index (χ0) is 22.6. The Bertz CT molecular complexity index is 1030. The molecule has 2 N–H and O–H groups in total. The van der Waals surface area contributed by atoms with Gasteiger partial charge < -0.3 is 13.7 Å². The van der Waals surface area contributed by atoms with Gasteiger partial charge in [0.05, 0.1) is 14.2 Å². The van der Waals surface area contributed by atoms with Gasteiger partial charge in [0.2, 0.25) is 0 Å². The van der Waals surface area contributed by atoms with Crippen molar-refractivity contribution >= 4 is 16.1 Å². The minimum absolute atomic E-state index is 0.0260. The summed E-state index contributed by atoms with van der Waals surface area (Å²) in [6, 6.07) is 8.67. The third kappa shape index (κ3) is 5.52. The molecule has 0 aliphatic carbocycles. The van der Waals surface area contributed by atoms with E-state index in [2.05, 4.69) is 0 Å². The van der Waals surface area contributed by atoms with Gasteiger partial charge in [-0.05, 0) is 35.6 Å². The lowest BCUT2D eigenvalue weighted by molar-refractivity contribution is 0.0990. The van der Waals surface area contributed by atoms with E-state index in [1.165, 1.54) is 7.11 Å². The summed E-state index contributed by atoms with van der Waals surface area (Å²) >= 11 is 0. The summed E-state index contributed by atoms with van der Waals surface area (Å²) < 4.78 is 39.2. The Morgan fingerprint density at radius 2 is 1.67 bits per heavy atom. The molecule has 0 fully saturated rings. The maximum atomic E-state index is 13.3. The van der Waals surface area contributed by atoms with Gasteiger partial charge in [0.15, 0.2) is 11.5 Å². The van der Waals surface area contributed by atoms with Gasteiger partial charge in [-0.3, -0.25) is 4.79 Å². The van der Waals surface area contributed by atoms with Crippen LogP contribution in [0.1, 0.15) is 66.6 Å². The molecule has 0 unspecified atom stereocenters. The molecule has 0 saturated heterocycles. The molecule has 0 aliphatic heterocycles. The molecule has 0 radical (unpaired) electrons. The van der Waals surface area contributed by atoms with E-state index in [0.717, 1.165) is 0 Å². The van der Waals surface area contributed by atoms with E-state index in [-0.39, 0.29) is 29.8 Å². The van der Waals surface area contributed by atoms with Crippen molar-refractivity contribution in [2.24, 2.45) is 5.14 Å². The highest BCUT2D eigenvalue weighted by Crippen LogP contribution is 2.38. The second-order valence-corrected chi connectivity index (χ2v) is 8.76. The Morgan fingerprint density at radius 1 is 1.00 bits per heavy atom. The second-order valence-electron chi connectivity index (χ2n) is 7.61. The van der Waals surface area contributed by atoms with Crippen molar-refractivity contribution in [3.8, 4) is 17.2 Å². The number of carbonyl (C=O) groups excluding carboxylic acids is 1. The van der Waals surface area contributed by atoms with Gasteiger partial charge in [-0.15, -0.1) is 0 Å². The SMILES string of the molecule is COc1ccc(OC)c(CC(=O)c2ccc(C(C)C)c(OS(N)(=O)=O)c2C(C)C)c1. The molecule has 0 bridgehead atoms. The molecular weight excluding hydrogens is 406 g/mol. The van der Waals surface area contributed by atoms with E-state index in [1.807, 2.05) is 27.7 Å². The summed E-state index contributed by atoms with van der Waals surface area (Å²) in [7, 11) is -1.18. The monoisotopic (exact) mass is 435 g/mol. The van der Waals surface area contributed by atoms with Crippen molar-refractivity contribution < 1.29 is 26.9 Å². The first-order valence-corrected chi connectivity index (χ1v) is 11.1. The van der Waals surface area contributed by atoms with Gasteiger partial charge >= 0.3 is 10.3 Å². The van der Waals surface area contributed by atoms with E-state index >= 15 is 0 Å². The minimum Gasteiger partial charge on any atom is -0.497 e. The Hall–Kier alpha value is -2.58. The highest BCUT2D eigenvalue weighted by atomic mass is 32.2. The zero-order valence-corrected chi connectivity index (χ0v) is 19.0. The van der Waals surface area contributed by atoms with Crippen molar-refractivity contribution in [3.05, 3.63) is 52.6 Å². The van der Waals surface area contributed by atoms with Crippen molar-refractivity contribution in [3.63, 3.8) is 0 Å². The maximum Gasteiger partial charge on any atom is 0.380 e. The lowest BCUT2D eigenvalue weighted by Crippen LogP contribution is -2.22. The summed E-state index contributed by atoms with van der Waals surface area (Å²) in [4.78, 5) is 13.3. The largest absolute Gasteiger partial charge is 0.497 e. The van der Waals surface area contributed by atoms with Gasteiger partial charge in [-0.1, -0.05) is 39.8 Å². The number of Topliss-reactive ketones (excluding diaryl/α,β-unsaturated/α-hetero) is 1. The topological polar surface area (TPSA) is 105 Å². The molecule has 7 nitrogen and oxygen atoms in total. The molecule has 8 heteroatoms. The lowest BCUT2D eigenvalue weighted by atomic mass is 9.87. The van der Waals surface area contributed by atoms with Crippen LogP contribution >= 0.6 is 0 Å². The van der Waals surface area contributed by atoms with E-state index in [0.29, 0.717) is 33.8 Å². The van der Waals surface area contributed by atoms with Crippen LogP contribution in [0.5, 0.6) is 17.2 Å². The third-order valence-electron chi connectivity index (χ3n) is 4.76. The number of rotatable bonds is 9. The van der Waals surface area contributed by atoms with Crippen molar-refractivity contribution in [1.29, 1.82) is 0 Å². The number of ketones is 1. The minimum atomic E-state index is -4.26. The van der Waals surface area contributed by atoms with Crippen LogP contribution in [-0.2, 0) is 16.7 Å². The Labute approximate surface area is 178 Å². The van der Waals surface area contributed by atoms with Crippen LogP contribution in [0.25, 0.3) is 0 Å². The fourth-order valence-corrected chi connectivity index (χ4v) is 3.80. The summed E-state index contributed by atoms with van der Waals surface area (Å²) in [5.41, 5.74) is 2.24. The van der Waals surface area contributed by atoms with Crippen LogP contribution in [0.4, 0.5) is 0 Å². The highest BCUT2D eigenvalue weighted by Gasteiger charge is 2.26. The Balaban J connectivity index is 2.61. The van der Waals surface area contributed by atoms with Gasteiger partial charge in [0.1, 0.15) is 11.5 Å². The normalized spacial score (nSPS) is 11.6. The number of ether oxygens (including phenoxy) is 2. The predicted octanol–water partition coefficient (Wildman–Crippen LogP) is 3.96. The van der Waals surface area contributed by atoms with Crippen molar-refractivity contribution in [2.75, 3.05) is 14.2 Å². The molecule has 0 heterocycles. The van der Waals surface area contributed by atoms with Crippen LogP contribution < -0.4 is 18.8 Å². The summed E-state index contributed by atoms with van der Waals surface area (Å²) in [6.07, 6.45) is 0.0515. The fourth-order valence-electron chi connectivity index (χ4n) is 3.38. The first kappa shape index (κ1) is 23.7.